The Morgan fingerprint density at radius 3 is 2.72 bits per heavy atom. The van der Waals surface area contributed by atoms with Crippen molar-refractivity contribution < 1.29 is 9.21 Å². The first-order chi connectivity index (χ1) is 13.8. The fourth-order valence-corrected chi connectivity index (χ4v) is 4.95. The highest BCUT2D eigenvalue weighted by Gasteiger charge is 2.42. The molecule has 1 saturated heterocycles. The number of fused-ring (bicyclic) bond motifs is 4. The fourth-order valence-electron chi connectivity index (χ4n) is 4.95. The first-order valence-electron chi connectivity index (χ1n) is 10.5. The fraction of sp³-hybridized carbons (Fsp3) is 0.522. The second-order valence-corrected chi connectivity index (χ2v) is 8.87. The molecule has 2 aliphatic heterocycles. The van der Waals surface area contributed by atoms with Gasteiger partial charge in [0.05, 0.1) is 0 Å². The quantitative estimate of drug-likeness (QED) is 0.795. The van der Waals surface area contributed by atoms with Crippen LogP contribution in [0.1, 0.15) is 67.1 Å². The van der Waals surface area contributed by atoms with Crippen molar-refractivity contribution in [1.82, 2.24) is 9.47 Å². The molecule has 2 aromatic heterocycles. The van der Waals surface area contributed by atoms with E-state index in [0.717, 1.165) is 25.0 Å². The zero-order valence-electron chi connectivity index (χ0n) is 17.3. The molecule has 0 spiro atoms. The molecular weight excluding hydrogens is 368 g/mol. The number of amides is 1. The van der Waals surface area contributed by atoms with Crippen LogP contribution in [0.2, 0.25) is 0 Å². The highest BCUT2D eigenvalue weighted by atomic mass is 16.3. The average molecular weight is 396 g/mol. The van der Waals surface area contributed by atoms with Gasteiger partial charge in [0.25, 0.3) is 11.5 Å². The summed E-state index contributed by atoms with van der Waals surface area (Å²) in [6.45, 7) is 7.17. The smallest absolute Gasteiger partial charge is 0.289 e. The van der Waals surface area contributed by atoms with Crippen molar-refractivity contribution in [3.05, 3.63) is 68.1 Å². The van der Waals surface area contributed by atoms with Crippen molar-refractivity contribution in [1.29, 1.82) is 0 Å². The first-order valence-corrected chi connectivity index (χ1v) is 10.5. The van der Waals surface area contributed by atoms with Crippen molar-refractivity contribution in [2.24, 2.45) is 11.8 Å². The molecule has 1 amide bonds. The lowest BCUT2D eigenvalue weighted by Gasteiger charge is -2.47. The molecule has 2 bridgehead atoms. The summed E-state index contributed by atoms with van der Waals surface area (Å²) in [5.41, 5.74) is 0.849. The van der Waals surface area contributed by atoms with Gasteiger partial charge < -0.3 is 13.9 Å². The third-order valence-corrected chi connectivity index (χ3v) is 6.23. The van der Waals surface area contributed by atoms with E-state index in [1.54, 1.807) is 17.9 Å². The van der Waals surface area contributed by atoms with Crippen LogP contribution in [0.4, 0.5) is 0 Å². The van der Waals surface area contributed by atoms with Gasteiger partial charge in [0.15, 0.2) is 11.2 Å². The van der Waals surface area contributed by atoms with Crippen molar-refractivity contribution in [3.8, 4) is 0 Å². The van der Waals surface area contributed by atoms with Gasteiger partial charge in [0.1, 0.15) is 5.76 Å². The van der Waals surface area contributed by atoms with E-state index in [1.807, 2.05) is 16.7 Å². The van der Waals surface area contributed by atoms with Crippen LogP contribution >= 0.6 is 0 Å². The van der Waals surface area contributed by atoms with Gasteiger partial charge in [-0.25, -0.2) is 0 Å². The number of nitrogens with zero attached hydrogens (tertiary/aromatic N) is 2. The number of aromatic nitrogens is 1. The maximum atomic E-state index is 13.1. The molecule has 0 N–H and O–H groups in total. The second kappa shape index (κ2) is 7.65. The Morgan fingerprint density at radius 2 is 2.00 bits per heavy atom. The predicted octanol–water partition coefficient (Wildman–Crippen LogP) is 3.35. The van der Waals surface area contributed by atoms with Crippen molar-refractivity contribution in [2.45, 2.75) is 52.0 Å². The Balaban J connectivity index is 1.68. The standard InChI is InChI=1S/C23H28N2O4/c1-14(2)7-8-20-17-10-16(19-5-4-6-22(27)25(19)20)12-24(13-17)23(28)21-11-18(26)9-15(3)29-21/h4-6,9,11,14,16-17,20H,7-8,10,12-13H2,1-3H3/t16-,17+,20+/m1/s1. The Hall–Kier alpha value is -2.63. The van der Waals surface area contributed by atoms with Crippen molar-refractivity contribution in [3.63, 3.8) is 0 Å². The van der Waals surface area contributed by atoms with Crippen LogP contribution < -0.4 is 11.0 Å². The molecule has 4 rings (SSSR count). The normalized spacial score (nSPS) is 23.2. The minimum atomic E-state index is -0.241. The summed E-state index contributed by atoms with van der Waals surface area (Å²) in [5.74, 6) is 1.19. The van der Waals surface area contributed by atoms with Crippen LogP contribution in [-0.4, -0.2) is 28.5 Å². The van der Waals surface area contributed by atoms with E-state index >= 15 is 0 Å². The molecule has 0 aromatic carbocycles. The predicted molar refractivity (Wildman–Crippen MR) is 110 cm³/mol. The summed E-state index contributed by atoms with van der Waals surface area (Å²) in [6.07, 6.45) is 2.94. The average Bonchev–Trinajstić information content (AvgIpc) is 2.66. The second-order valence-electron chi connectivity index (χ2n) is 8.87. The molecule has 0 unspecified atom stereocenters. The van der Waals surface area contributed by atoms with Gasteiger partial charge in [-0.05, 0) is 44.1 Å². The summed E-state index contributed by atoms with van der Waals surface area (Å²) >= 11 is 0. The zero-order chi connectivity index (χ0) is 20.7. The highest BCUT2D eigenvalue weighted by Crippen LogP contribution is 2.43. The van der Waals surface area contributed by atoms with E-state index in [1.165, 1.54) is 12.1 Å². The minimum Gasteiger partial charge on any atom is -0.456 e. The van der Waals surface area contributed by atoms with Crippen LogP contribution in [0.3, 0.4) is 0 Å². The molecule has 0 radical (unpaired) electrons. The largest absolute Gasteiger partial charge is 0.456 e. The number of carbonyl (C=O) groups is 1. The molecule has 0 saturated carbocycles. The highest BCUT2D eigenvalue weighted by molar-refractivity contribution is 5.91. The molecule has 2 aliphatic rings. The van der Waals surface area contributed by atoms with Crippen LogP contribution in [0.5, 0.6) is 0 Å². The van der Waals surface area contributed by atoms with Crippen LogP contribution in [-0.2, 0) is 0 Å². The van der Waals surface area contributed by atoms with E-state index in [2.05, 4.69) is 13.8 Å². The molecule has 154 valence electrons. The first kappa shape index (κ1) is 19.7. The van der Waals surface area contributed by atoms with Gasteiger partial charge in [-0.2, -0.15) is 0 Å². The lowest BCUT2D eigenvalue weighted by molar-refractivity contribution is 0.0481. The van der Waals surface area contributed by atoms with Crippen LogP contribution in [0.15, 0.2) is 44.3 Å². The molecule has 6 nitrogen and oxygen atoms in total. The summed E-state index contributed by atoms with van der Waals surface area (Å²) in [7, 11) is 0. The van der Waals surface area contributed by atoms with Gasteiger partial charge in [0, 0.05) is 48.9 Å². The molecule has 29 heavy (non-hydrogen) atoms. The molecular formula is C23H28N2O4. The maximum absolute atomic E-state index is 13.1. The molecule has 2 aromatic rings. The zero-order valence-corrected chi connectivity index (χ0v) is 17.3. The topological polar surface area (TPSA) is 72.5 Å². The number of carbonyl (C=O) groups excluding carboxylic acids is 1. The maximum Gasteiger partial charge on any atom is 0.289 e. The summed E-state index contributed by atoms with van der Waals surface area (Å²) in [5, 5.41) is 0. The van der Waals surface area contributed by atoms with E-state index < -0.39 is 0 Å². The molecule has 0 aliphatic carbocycles. The van der Waals surface area contributed by atoms with Crippen LogP contribution in [0.25, 0.3) is 0 Å². The van der Waals surface area contributed by atoms with Gasteiger partial charge in [0.2, 0.25) is 0 Å². The third kappa shape index (κ3) is 3.80. The Bertz CT molecular complexity index is 1040. The van der Waals surface area contributed by atoms with Gasteiger partial charge in [-0.15, -0.1) is 0 Å². The number of hydrogen-bond donors (Lipinski definition) is 0. The lowest BCUT2D eigenvalue weighted by atomic mass is 9.76. The summed E-state index contributed by atoms with van der Waals surface area (Å²) < 4.78 is 7.53. The molecule has 4 heterocycles. The minimum absolute atomic E-state index is 0.0513. The van der Waals surface area contributed by atoms with Crippen LogP contribution in [0, 0.1) is 18.8 Å². The van der Waals surface area contributed by atoms with Crippen molar-refractivity contribution in [2.75, 3.05) is 13.1 Å². The Morgan fingerprint density at radius 1 is 1.21 bits per heavy atom. The number of pyridine rings is 1. The SMILES string of the molecule is Cc1cc(=O)cc(C(=O)N2C[C@H]3C[C@@H](C2)[C@H](CCC(C)C)n2c3cccc2=O)o1. The van der Waals surface area contributed by atoms with E-state index in [9.17, 15) is 14.4 Å². The van der Waals surface area contributed by atoms with E-state index in [0.29, 0.717) is 24.8 Å². The monoisotopic (exact) mass is 396 g/mol. The van der Waals surface area contributed by atoms with Crippen molar-refractivity contribution >= 4 is 5.91 Å². The Kier molecular flexibility index (Phi) is 5.19. The van der Waals surface area contributed by atoms with Gasteiger partial charge >= 0.3 is 0 Å². The summed E-state index contributed by atoms with van der Waals surface area (Å²) in [4.78, 5) is 39.4. The van der Waals surface area contributed by atoms with E-state index in [4.69, 9.17) is 4.42 Å². The van der Waals surface area contributed by atoms with E-state index in [-0.39, 0.29) is 40.5 Å². The molecule has 6 heteroatoms. The number of hydrogen-bond acceptors (Lipinski definition) is 4. The van der Waals surface area contributed by atoms with Gasteiger partial charge in [-0.3, -0.25) is 14.4 Å². The number of aryl methyl sites for hydroxylation is 1. The molecule has 3 atom stereocenters. The molecule has 1 fully saturated rings. The third-order valence-electron chi connectivity index (χ3n) is 6.23. The van der Waals surface area contributed by atoms with Gasteiger partial charge in [-0.1, -0.05) is 19.9 Å². The lowest BCUT2D eigenvalue weighted by Crippen LogP contribution is -2.51. The number of rotatable bonds is 4. The number of piperidine rings is 1. The summed E-state index contributed by atoms with van der Waals surface area (Å²) in [6, 6.07) is 8.22. The Labute approximate surface area is 170 Å². The number of likely N-dealkylation sites (tertiary alicyclic amines) is 1.